The Morgan fingerprint density at radius 3 is 2.05 bits per heavy atom. The second-order valence-electron chi connectivity index (χ2n) is 5.92. The van der Waals surface area contributed by atoms with Gasteiger partial charge < -0.3 is 4.90 Å². The third-order valence-corrected chi connectivity index (χ3v) is 4.93. The summed E-state index contributed by atoms with van der Waals surface area (Å²) in [5.74, 6) is 0.513. The van der Waals surface area contributed by atoms with Gasteiger partial charge in [0.25, 0.3) is 0 Å². The zero-order chi connectivity index (χ0) is 13.5. The Morgan fingerprint density at radius 2 is 1.20 bits per heavy atom. The summed E-state index contributed by atoms with van der Waals surface area (Å²) in [6.45, 7) is 0. The highest BCUT2D eigenvalue weighted by Gasteiger charge is 2.42. The summed E-state index contributed by atoms with van der Waals surface area (Å²) in [4.78, 5) is 5.05. The fraction of sp³-hybridized carbons (Fsp3) is 0.333. The van der Waals surface area contributed by atoms with E-state index in [1.165, 1.54) is 0 Å². The maximum atomic E-state index is 2.52. The van der Waals surface area contributed by atoms with Gasteiger partial charge in [-0.3, -0.25) is 4.90 Å². The third-order valence-electron chi connectivity index (χ3n) is 4.93. The van der Waals surface area contributed by atoms with Gasteiger partial charge in [0.05, 0.1) is 18.1 Å². The van der Waals surface area contributed by atoms with Crippen LogP contribution in [0.2, 0.25) is 0 Å². The molecular formula is C18H20N2. The van der Waals surface area contributed by atoms with Crippen molar-refractivity contribution >= 4 is 0 Å². The molecular weight excluding hydrogens is 244 g/mol. The first-order chi connectivity index (χ1) is 9.86. The zero-order valence-electron chi connectivity index (χ0n) is 11.7. The number of nitrogens with zero attached hydrogens (tertiary/aromatic N) is 2. The van der Waals surface area contributed by atoms with E-state index in [1.807, 2.05) is 0 Å². The summed E-state index contributed by atoms with van der Waals surface area (Å²) >= 11 is 0. The zero-order valence-corrected chi connectivity index (χ0v) is 11.7. The van der Waals surface area contributed by atoms with Crippen molar-refractivity contribution in [2.24, 2.45) is 5.92 Å². The maximum absolute atomic E-state index is 2.52. The molecule has 4 rings (SSSR count). The van der Waals surface area contributed by atoms with E-state index >= 15 is 0 Å². The molecule has 5 atom stereocenters. The minimum atomic E-state index is 0.420. The Morgan fingerprint density at radius 1 is 0.600 bits per heavy atom. The van der Waals surface area contributed by atoms with Crippen molar-refractivity contribution in [1.29, 1.82) is 0 Å². The van der Waals surface area contributed by atoms with E-state index in [1.54, 1.807) is 0 Å². The Kier molecular flexibility index (Phi) is 2.78. The molecule has 2 heterocycles. The van der Waals surface area contributed by atoms with Gasteiger partial charge in [-0.15, -0.1) is 0 Å². The molecule has 0 N–H and O–H groups in total. The lowest BCUT2D eigenvalue weighted by molar-refractivity contribution is 0.198. The van der Waals surface area contributed by atoms with E-state index in [-0.39, 0.29) is 0 Å². The molecule has 102 valence electrons. The highest BCUT2D eigenvalue weighted by molar-refractivity contribution is 5.32. The minimum absolute atomic E-state index is 0.420. The van der Waals surface area contributed by atoms with Crippen molar-refractivity contribution in [2.45, 2.75) is 24.2 Å². The van der Waals surface area contributed by atoms with Crippen LogP contribution in [0, 0.1) is 5.92 Å². The lowest BCUT2D eigenvalue weighted by atomic mass is 9.86. The van der Waals surface area contributed by atoms with Gasteiger partial charge in [-0.25, -0.2) is 0 Å². The Balaban J connectivity index is 1.82. The summed E-state index contributed by atoms with van der Waals surface area (Å²) in [5, 5.41) is 0. The van der Waals surface area contributed by atoms with E-state index < -0.39 is 0 Å². The van der Waals surface area contributed by atoms with Gasteiger partial charge in [0.1, 0.15) is 0 Å². The molecule has 2 aliphatic heterocycles. The lowest BCUT2D eigenvalue weighted by Crippen LogP contribution is -2.48. The van der Waals surface area contributed by atoms with Crippen LogP contribution in [0.25, 0.3) is 0 Å². The Labute approximate surface area is 120 Å². The molecule has 0 aromatic heterocycles. The monoisotopic (exact) mass is 264 g/mol. The van der Waals surface area contributed by atoms with Crippen molar-refractivity contribution in [2.75, 3.05) is 7.05 Å². The van der Waals surface area contributed by atoms with Crippen molar-refractivity contribution in [3.8, 4) is 0 Å². The van der Waals surface area contributed by atoms with E-state index in [9.17, 15) is 0 Å². The molecule has 4 aliphatic rings. The number of hydrogen-bond donors (Lipinski definition) is 0. The molecule has 0 aromatic rings. The predicted molar refractivity (Wildman–Crippen MR) is 83.1 cm³/mol. The van der Waals surface area contributed by atoms with Crippen LogP contribution in [0.5, 0.6) is 0 Å². The average molecular weight is 264 g/mol. The second kappa shape index (κ2) is 4.64. The van der Waals surface area contributed by atoms with Gasteiger partial charge in [-0.2, -0.15) is 0 Å². The number of fused-ring (bicyclic) bond motifs is 5. The van der Waals surface area contributed by atoms with Crippen LogP contribution >= 0.6 is 0 Å². The highest BCUT2D eigenvalue weighted by Crippen LogP contribution is 2.36. The smallest absolute Gasteiger partial charge is 0.0668 e. The van der Waals surface area contributed by atoms with Crippen LogP contribution in [0.1, 0.15) is 0 Å². The van der Waals surface area contributed by atoms with E-state index in [0.29, 0.717) is 30.1 Å². The van der Waals surface area contributed by atoms with Crippen molar-refractivity contribution in [3.05, 3.63) is 73.0 Å². The van der Waals surface area contributed by atoms with Crippen molar-refractivity contribution in [3.63, 3.8) is 0 Å². The Bertz CT molecular complexity index is 514. The second-order valence-corrected chi connectivity index (χ2v) is 5.92. The summed E-state index contributed by atoms with van der Waals surface area (Å²) in [6, 6.07) is 1.77. The molecule has 0 spiro atoms. The predicted octanol–water partition coefficient (Wildman–Crippen LogP) is 2.66. The topological polar surface area (TPSA) is 6.48 Å². The highest BCUT2D eigenvalue weighted by atomic mass is 15.3. The fourth-order valence-electron chi connectivity index (χ4n) is 3.92. The SMILES string of the molecule is CN1C2C=CC=CC2C2C=CC=CN2C2C=CC=CC21. The molecule has 5 unspecified atom stereocenters. The van der Waals surface area contributed by atoms with Gasteiger partial charge in [0.2, 0.25) is 0 Å². The van der Waals surface area contributed by atoms with Crippen LogP contribution in [-0.4, -0.2) is 41.0 Å². The first kappa shape index (κ1) is 12.0. The standard InChI is InChI=1S/C18H20N2/c1-19-15-9-3-2-8-14(15)16-10-6-7-13-20(16)18-12-5-4-11-17(18)19/h2-18H,1H3. The summed E-state index contributed by atoms with van der Waals surface area (Å²) in [6.07, 6.45) is 27.1. The molecule has 1 fully saturated rings. The normalized spacial score (nSPS) is 41.2. The molecule has 2 heteroatoms. The van der Waals surface area contributed by atoms with Gasteiger partial charge in [0.15, 0.2) is 0 Å². The molecule has 0 saturated carbocycles. The van der Waals surface area contributed by atoms with Crippen LogP contribution in [0.4, 0.5) is 0 Å². The molecule has 0 bridgehead atoms. The summed E-state index contributed by atoms with van der Waals surface area (Å²) < 4.78 is 0. The molecule has 0 aromatic carbocycles. The number of allylic oxidation sites excluding steroid dienone is 6. The van der Waals surface area contributed by atoms with Crippen LogP contribution in [0.3, 0.4) is 0 Å². The fourth-order valence-corrected chi connectivity index (χ4v) is 3.92. The third kappa shape index (κ3) is 1.68. The maximum Gasteiger partial charge on any atom is 0.0668 e. The van der Waals surface area contributed by atoms with Crippen molar-refractivity contribution < 1.29 is 0 Å². The van der Waals surface area contributed by atoms with Crippen molar-refractivity contribution in [1.82, 2.24) is 9.80 Å². The molecule has 0 radical (unpaired) electrons. The summed E-state index contributed by atoms with van der Waals surface area (Å²) in [5.41, 5.74) is 0. The lowest BCUT2D eigenvalue weighted by Gasteiger charge is -2.39. The first-order valence-electron chi connectivity index (χ1n) is 7.40. The van der Waals surface area contributed by atoms with E-state index in [2.05, 4.69) is 89.9 Å². The Hall–Kier alpha value is -1.80. The first-order valence-corrected chi connectivity index (χ1v) is 7.40. The molecule has 2 aliphatic carbocycles. The van der Waals surface area contributed by atoms with E-state index in [0.717, 1.165) is 0 Å². The number of likely N-dealkylation sites (N-methyl/N-ethyl adjacent to an activating group) is 1. The van der Waals surface area contributed by atoms with Crippen LogP contribution in [0.15, 0.2) is 73.0 Å². The average Bonchev–Trinajstić information content (AvgIpc) is 2.64. The minimum Gasteiger partial charge on any atom is -0.362 e. The molecule has 20 heavy (non-hydrogen) atoms. The molecule has 0 amide bonds. The van der Waals surface area contributed by atoms with Gasteiger partial charge in [0, 0.05) is 18.2 Å². The van der Waals surface area contributed by atoms with Gasteiger partial charge >= 0.3 is 0 Å². The quantitative estimate of drug-likeness (QED) is 0.663. The van der Waals surface area contributed by atoms with Crippen LogP contribution in [-0.2, 0) is 0 Å². The van der Waals surface area contributed by atoms with Gasteiger partial charge in [-0.1, -0.05) is 60.8 Å². The largest absolute Gasteiger partial charge is 0.362 e. The molecule has 1 saturated heterocycles. The van der Waals surface area contributed by atoms with Gasteiger partial charge in [-0.05, 0) is 13.1 Å². The number of hydrogen-bond acceptors (Lipinski definition) is 2. The van der Waals surface area contributed by atoms with E-state index in [4.69, 9.17) is 0 Å². The van der Waals surface area contributed by atoms with Crippen LogP contribution < -0.4 is 0 Å². The number of rotatable bonds is 0. The summed E-state index contributed by atoms with van der Waals surface area (Å²) in [7, 11) is 2.26. The molecule has 2 nitrogen and oxygen atoms in total.